The van der Waals surface area contributed by atoms with Gasteiger partial charge < -0.3 is 9.80 Å². The van der Waals surface area contributed by atoms with Gasteiger partial charge >= 0.3 is 0 Å². The van der Waals surface area contributed by atoms with Crippen molar-refractivity contribution in [2.45, 2.75) is 26.2 Å². The molecule has 5 nitrogen and oxygen atoms in total. The van der Waals surface area contributed by atoms with E-state index in [0.717, 1.165) is 45.0 Å². The third-order valence-corrected chi connectivity index (χ3v) is 3.21. The van der Waals surface area contributed by atoms with Crippen molar-refractivity contribution in [3.8, 4) is 0 Å². The number of piperazine rings is 1. The third-order valence-electron chi connectivity index (χ3n) is 3.21. The predicted molar refractivity (Wildman–Crippen MR) is 70.4 cm³/mol. The normalized spacial score (nSPS) is 15.8. The molecule has 0 spiro atoms. The van der Waals surface area contributed by atoms with Gasteiger partial charge in [-0.15, -0.1) is 0 Å². The van der Waals surface area contributed by atoms with Crippen molar-refractivity contribution in [3.63, 3.8) is 0 Å². The minimum absolute atomic E-state index is 0.283. The van der Waals surface area contributed by atoms with Gasteiger partial charge in [-0.05, 0) is 12.5 Å². The average Bonchev–Trinajstić information content (AvgIpc) is 2.46. The quantitative estimate of drug-likeness (QED) is 0.806. The fraction of sp³-hybridized carbons (Fsp3) is 0.615. The fourth-order valence-corrected chi connectivity index (χ4v) is 2.10. The summed E-state index contributed by atoms with van der Waals surface area (Å²) in [4.78, 5) is 24.4. The summed E-state index contributed by atoms with van der Waals surface area (Å²) in [6, 6.07) is 1.81. The maximum Gasteiger partial charge on any atom is 0.225 e. The van der Waals surface area contributed by atoms with Gasteiger partial charge in [-0.25, -0.2) is 9.97 Å². The van der Waals surface area contributed by atoms with Gasteiger partial charge in [0.2, 0.25) is 11.9 Å². The molecule has 1 aliphatic heterocycles. The Bertz CT molecular complexity index is 374. The van der Waals surface area contributed by atoms with Crippen molar-refractivity contribution in [2.24, 2.45) is 0 Å². The van der Waals surface area contributed by atoms with E-state index in [1.807, 2.05) is 11.0 Å². The number of nitrogens with zero attached hydrogens (tertiary/aromatic N) is 4. The second kappa shape index (κ2) is 6.33. The van der Waals surface area contributed by atoms with Gasteiger partial charge in [0.15, 0.2) is 0 Å². The summed E-state index contributed by atoms with van der Waals surface area (Å²) in [6.07, 6.45) is 6.24. The smallest absolute Gasteiger partial charge is 0.225 e. The highest BCUT2D eigenvalue weighted by Gasteiger charge is 2.21. The van der Waals surface area contributed by atoms with E-state index >= 15 is 0 Å². The van der Waals surface area contributed by atoms with Crippen molar-refractivity contribution in [2.75, 3.05) is 31.1 Å². The number of aromatic nitrogens is 2. The van der Waals surface area contributed by atoms with Gasteiger partial charge in [-0.2, -0.15) is 0 Å². The molecule has 0 aliphatic carbocycles. The minimum atomic E-state index is 0.283. The second-order valence-electron chi connectivity index (χ2n) is 4.52. The lowest BCUT2D eigenvalue weighted by Crippen LogP contribution is -2.49. The van der Waals surface area contributed by atoms with Gasteiger partial charge in [-0.3, -0.25) is 4.79 Å². The molecule has 2 heterocycles. The Kier molecular flexibility index (Phi) is 4.50. The van der Waals surface area contributed by atoms with Crippen LogP contribution in [0.5, 0.6) is 0 Å². The number of anilines is 1. The molecule has 1 fully saturated rings. The Morgan fingerprint density at radius 2 is 1.89 bits per heavy atom. The lowest BCUT2D eigenvalue weighted by molar-refractivity contribution is -0.131. The summed E-state index contributed by atoms with van der Waals surface area (Å²) in [5.74, 6) is 1.05. The first-order chi connectivity index (χ1) is 8.81. The van der Waals surface area contributed by atoms with E-state index in [0.29, 0.717) is 6.42 Å². The first kappa shape index (κ1) is 12.8. The molecular formula is C13H20N4O. The number of hydrogen-bond acceptors (Lipinski definition) is 4. The van der Waals surface area contributed by atoms with Crippen molar-refractivity contribution in [3.05, 3.63) is 18.5 Å². The number of amides is 1. The van der Waals surface area contributed by atoms with Crippen LogP contribution in [0.1, 0.15) is 26.2 Å². The minimum Gasteiger partial charge on any atom is -0.339 e. The Hall–Kier alpha value is -1.65. The average molecular weight is 248 g/mol. The molecule has 98 valence electrons. The van der Waals surface area contributed by atoms with Crippen LogP contribution in [0, 0.1) is 0 Å². The molecule has 0 atom stereocenters. The molecule has 1 aromatic rings. The van der Waals surface area contributed by atoms with E-state index in [4.69, 9.17) is 0 Å². The van der Waals surface area contributed by atoms with Gasteiger partial charge in [0.1, 0.15) is 0 Å². The standard InChI is InChI=1S/C13H20N4O/c1-2-3-5-12(18)16-8-10-17(11-9-16)13-14-6-4-7-15-13/h4,6-7H,2-3,5,8-11H2,1H3. The summed E-state index contributed by atoms with van der Waals surface area (Å²) in [7, 11) is 0. The zero-order valence-electron chi connectivity index (χ0n) is 10.9. The molecule has 1 amide bonds. The molecule has 0 unspecified atom stereocenters. The summed E-state index contributed by atoms with van der Waals surface area (Å²) in [6.45, 7) is 5.31. The lowest BCUT2D eigenvalue weighted by Gasteiger charge is -2.34. The molecule has 0 N–H and O–H groups in total. The Morgan fingerprint density at radius 3 is 2.50 bits per heavy atom. The second-order valence-corrected chi connectivity index (χ2v) is 4.52. The van der Waals surface area contributed by atoms with Crippen molar-refractivity contribution in [1.82, 2.24) is 14.9 Å². The van der Waals surface area contributed by atoms with Gasteiger partial charge in [0.25, 0.3) is 0 Å². The van der Waals surface area contributed by atoms with Crippen LogP contribution in [-0.2, 0) is 4.79 Å². The van der Waals surface area contributed by atoms with Crippen LogP contribution in [0.4, 0.5) is 5.95 Å². The molecule has 18 heavy (non-hydrogen) atoms. The summed E-state index contributed by atoms with van der Waals surface area (Å²) in [5.41, 5.74) is 0. The summed E-state index contributed by atoms with van der Waals surface area (Å²) >= 11 is 0. The van der Waals surface area contributed by atoms with Crippen LogP contribution in [0.2, 0.25) is 0 Å². The van der Waals surface area contributed by atoms with E-state index in [2.05, 4.69) is 21.8 Å². The number of unbranched alkanes of at least 4 members (excludes halogenated alkanes) is 1. The van der Waals surface area contributed by atoms with Crippen LogP contribution in [0.3, 0.4) is 0 Å². The van der Waals surface area contributed by atoms with Crippen LogP contribution in [0.25, 0.3) is 0 Å². The van der Waals surface area contributed by atoms with Gasteiger partial charge in [-0.1, -0.05) is 13.3 Å². The summed E-state index contributed by atoms with van der Waals surface area (Å²) in [5, 5.41) is 0. The van der Waals surface area contributed by atoms with E-state index in [9.17, 15) is 4.79 Å². The number of carbonyl (C=O) groups excluding carboxylic acids is 1. The van der Waals surface area contributed by atoms with E-state index < -0.39 is 0 Å². The maximum atomic E-state index is 11.9. The molecule has 5 heteroatoms. The molecule has 1 aliphatic rings. The van der Waals surface area contributed by atoms with Crippen LogP contribution in [0.15, 0.2) is 18.5 Å². The first-order valence-corrected chi connectivity index (χ1v) is 6.61. The largest absolute Gasteiger partial charge is 0.339 e. The monoisotopic (exact) mass is 248 g/mol. The van der Waals surface area contributed by atoms with Gasteiger partial charge in [0.05, 0.1) is 0 Å². The van der Waals surface area contributed by atoms with Crippen molar-refractivity contribution >= 4 is 11.9 Å². The van der Waals surface area contributed by atoms with Crippen LogP contribution in [-0.4, -0.2) is 47.0 Å². The summed E-state index contributed by atoms with van der Waals surface area (Å²) < 4.78 is 0. The Morgan fingerprint density at radius 1 is 1.22 bits per heavy atom. The van der Waals surface area contributed by atoms with E-state index in [1.165, 1.54) is 0 Å². The number of rotatable bonds is 4. The van der Waals surface area contributed by atoms with E-state index in [1.54, 1.807) is 12.4 Å². The highest BCUT2D eigenvalue weighted by Crippen LogP contribution is 2.11. The first-order valence-electron chi connectivity index (χ1n) is 6.61. The molecule has 1 saturated heterocycles. The molecule has 0 bridgehead atoms. The van der Waals surface area contributed by atoms with Gasteiger partial charge in [0, 0.05) is 45.0 Å². The highest BCUT2D eigenvalue weighted by atomic mass is 16.2. The predicted octanol–water partition coefficient (Wildman–Crippen LogP) is 1.32. The molecule has 0 saturated carbocycles. The topological polar surface area (TPSA) is 49.3 Å². The number of hydrogen-bond donors (Lipinski definition) is 0. The molecule has 2 rings (SSSR count). The SMILES string of the molecule is CCCCC(=O)N1CCN(c2ncccn2)CC1. The zero-order valence-corrected chi connectivity index (χ0v) is 10.9. The third kappa shape index (κ3) is 3.18. The number of carbonyl (C=O) groups is 1. The van der Waals surface area contributed by atoms with Crippen LogP contribution >= 0.6 is 0 Å². The zero-order chi connectivity index (χ0) is 12.8. The molecule has 0 aromatic carbocycles. The molecular weight excluding hydrogens is 228 g/mol. The Balaban J connectivity index is 1.83. The Labute approximate surface area is 108 Å². The van der Waals surface area contributed by atoms with Crippen LogP contribution < -0.4 is 4.90 Å². The fourth-order valence-electron chi connectivity index (χ4n) is 2.10. The lowest BCUT2D eigenvalue weighted by atomic mass is 10.2. The van der Waals surface area contributed by atoms with Crippen molar-refractivity contribution < 1.29 is 4.79 Å². The van der Waals surface area contributed by atoms with E-state index in [-0.39, 0.29) is 5.91 Å². The highest BCUT2D eigenvalue weighted by molar-refractivity contribution is 5.76. The van der Waals surface area contributed by atoms with Crippen molar-refractivity contribution in [1.29, 1.82) is 0 Å². The molecule has 0 radical (unpaired) electrons. The maximum absolute atomic E-state index is 11.9. The molecule has 1 aromatic heterocycles.